The van der Waals surface area contributed by atoms with E-state index in [1.165, 1.54) is 12.0 Å². The first-order chi connectivity index (χ1) is 13.5. The molecule has 2 N–H and O–H groups in total. The number of para-hydroxylation sites is 1. The van der Waals surface area contributed by atoms with Crippen molar-refractivity contribution in [2.45, 2.75) is 6.42 Å². The Morgan fingerprint density at radius 1 is 0.964 bits per heavy atom. The van der Waals surface area contributed by atoms with Gasteiger partial charge in [-0.05, 0) is 30.7 Å². The van der Waals surface area contributed by atoms with Crippen LogP contribution in [0.2, 0.25) is 0 Å². The zero-order valence-corrected chi connectivity index (χ0v) is 15.2. The van der Waals surface area contributed by atoms with E-state index in [0.717, 1.165) is 0 Å². The number of imide groups is 1. The van der Waals surface area contributed by atoms with Crippen LogP contribution in [0.4, 0.5) is 10.5 Å². The minimum atomic E-state index is -0.554. The summed E-state index contributed by atoms with van der Waals surface area (Å²) in [6, 6.07) is 12.7. The Bertz CT molecular complexity index is 906. The van der Waals surface area contributed by atoms with Crippen LogP contribution >= 0.6 is 0 Å². The molecule has 0 atom stereocenters. The summed E-state index contributed by atoms with van der Waals surface area (Å²) < 4.78 is 4.68. The largest absolute Gasteiger partial charge is 0.465 e. The van der Waals surface area contributed by atoms with Crippen molar-refractivity contribution in [1.82, 2.24) is 10.2 Å². The smallest absolute Gasteiger partial charge is 0.339 e. The molecule has 0 saturated carbocycles. The second-order valence-electron chi connectivity index (χ2n) is 6.08. The number of hydrogen-bond donors (Lipinski definition) is 2. The van der Waals surface area contributed by atoms with E-state index in [0.29, 0.717) is 23.2 Å². The minimum Gasteiger partial charge on any atom is -0.465 e. The molecular weight excluding hydrogens is 362 g/mol. The van der Waals surface area contributed by atoms with Gasteiger partial charge in [0.25, 0.3) is 11.8 Å². The van der Waals surface area contributed by atoms with Crippen LogP contribution in [0.1, 0.15) is 37.5 Å². The first-order valence-electron chi connectivity index (χ1n) is 8.70. The molecule has 0 aromatic heterocycles. The Balaban J connectivity index is 1.49. The maximum Gasteiger partial charge on any atom is 0.339 e. The van der Waals surface area contributed by atoms with Crippen molar-refractivity contribution in [2.24, 2.45) is 0 Å². The number of benzene rings is 2. The molecule has 1 aliphatic heterocycles. The summed E-state index contributed by atoms with van der Waals surface area (Å²) in [6.07, 6.45) is 0.400. The SMILES string of the molecule is COC(=O)c1ccccc1NC(=O)NCCCN1C(=O)c2ccccc2C1=O. The number of amides is 4. The molecule has 0 unspecified atom stereocenters. The van der Waals surface area contributed by atoms with E-state index < -0.39 is 12.0 Å². The summed E-state index contributed by atoms with van der Waals surface area (Å²) in [6.45, 7) is 0.449. The molecule has 1 aliphatic rings. The van der Waals surface area contributed by atoms with Gasteiger partial charge >= 0.3 is 12.0 Å². The van der Waals surface area contributed by atoms with Gasteiger partial charge in [-0.1, -0.05) is 24.3 Å². The number of nitrogens with one attached hydrogen (secondary N) is 2. The molecule has 4 amide bonds. The molecule has 0 saturated heterocycles. The molecule has 0 bridgehead atoms. The predicted molar refractivity (Wildman–Crippen MR) is 101 cm³/mol. The van der Waals surface area contributed by atoms with Crippen molar-refractivity contribution in [2.75, 3.05) is 25.5 Å². The van der Waals surface area contributed by atoms with E-state index in [9.17, 15) is 19.2 Å². The fourth-order valence-electron chi connectivity index (χ4n) is 2.93. The van der Waals surface area contributed by atoms with Gasteiger partial charge in [0, 0.05) is 13.1 Å². The van der Waals surface area contributed by atoms with Crippen LogP contribution in [-0.4, -0.2) is 48.9 Å². The fraction of sp³-hybridized carbons (Fsp3) is 0.200. The van der Waals surface area contributed by atoms with E-state index in [1.807, 2.05) is 0 Å². The highest BCUT2D eigenvalue weighted by Gasteiger charge is 2.34. The molecule has 8 heteroatoms. The minimum absolute atomic E-state index is 0.200. The average molecular weight is 381 g/mol. The molecule has 28 heavy (non-hydrogen) atoms. The van der Waals surface area contributed by atoms with Crippen LogP contribution in [0.15, 0.2) is 48.5 Å². The molecular formula is C20H19N3O5. The number of carbonyl (C=O) groups excluding carboxylic acids is 4. The summed E-state index contributed by atoms with van der Waals surface area (Å²) in [5.41, 5.74) is 1.37. The van der Waals surface area contributed by atoms with Gasteiger partial charge in [-0.3, -0.25) is 14.5 Å². The Morgan fingerprint density at radius 3 is 2.21 bits per heavy atom. The van der Waals surface area contributed by atoms with E-state index in [2.05, 4.69) is 15.4 Å². The molecule has 0 spiro atoms. The highest BCUT2D eigenvalue weighted by molar-refractivity contribution is 6.21. The first kappa shape index (κ1) is 19.1. The molecule has 3 rings (SSSR count). The van der Waals surface area contributed by atoms with Crippen molar-refractivity contribution >= 4 is 29.5 Å². The van der Waals surface area contributed by atoms with E-state index in [4.69, 9.17) is 0 Å². The third kappa shape index (κ3) is 3.85. The van der Waals surface area contributed by atoms with Crippen LogP contribution < -0.4 is 10.6 Å². The highest BCUT2D eigenvalue weighted by atomic mass is 16.5. The number of esters is 1. The van der Waals surface area contributed by atoms with E-state index in [-0.39, 0.29) is 30.5 Å². The summed E-state index contributed by atoms with van der Waals surface area (Å²) in [4.78, 5) is 49.5. The Morgan fingerprint density at radius 2 is 1.57 bits per heavy atom. The van der Waals surface area contributed by atoms with Gasteiger partial charge in [-0.25, -0.2) is 9.59 Å². The van der Waals surface area contributed by atoms with Crippen molar-refractivity contribution in [1.29, 1.82) is 0 Å². The number of urea groups is 1. The topological polar surface area (TPSA) is 105 Å². The lowest BCUT2D eigenvalue weighted by molar-refractivity contribution is 0.0599. The molecule has 2 aromatic carbocycles. The van der Waals surface area contributed by atoms with Gasteiger partial charge in [0.15, 0.2) is 0 Å². The average Bonchev–Trinajstić information content (AvgIpc) is 2.96. The number of anilines is 1. The number of methoxy groups -OCH3 is 1. The molecule has 0 aliphatic carbocycles. The van der Waals surface area contributed by atoms with Gasteiger partial charge < -0.3 is 15.4 Å². The van der Waals surface area contributed by atoms with E-state index in [1.54, 1.807) is 48.5 Å². The van der Waals surface area contributed by atoms with Crippen LogP contribution in [0, 0.1) is 0 Å². The standard InChI is InChI=1S/C20H19N3O5/c1-28-19(26)15-9-4-5-10-16(15)22-20(27)21-11-6-12-23-17(24)13-7-2-3-8-14(13)18(23)25/h2-5,7-10H,6,11-12H2,1H3,(H2,21,22,27). The second-order valence-corrected chi connectivity index (χ2v) is 6.08. The summed E-state index contributed by atoms with van der Waals surface area (Å²) in [5.74, 6) is -1.20. The predicted octanol–water partition coefficient (Wildman–Crippen LogP) is 2.28. The Hall–Kier alpha value is -3.68. The number of hydrogen-bond acceptors (Lipinski definition) is 5. The van der Waals surface area contributed by atoms with Gasteiger partial charge in [0.2, 0.25) is 0 Å². The zero-order chi connectivity index (χ0) is 20.1. The van der Waals surface area contributed by atoms with Crippen molar-refractivity contribution in [3.63, 3.8) is 0 Å². The van der Waals surface area contributed by atoms with Crippen LogP contribution in [0.25, 0.3) is 0 Å². The molecule has 2 aromatic rings. The first-order valence-corrected chi connectivity index (χ1v) is 8.70. The number of ether oxygens (including phenoxy) is 1. The molecule has 8 nitrogen and oxygen atoms in total. The third-order valence-electron chi connectivity index (χ3n) is 4.30. The van der Waals surface area contributed by atoms with Gasteiger partial charge in [0.1, 0.15) is 0 Å². The van der Waals surface area contributed by atoms with Crippen molar-refractivity contribution < 1.29 is 23.9 Å². The van der Waals surface area contributed by atoms with Gasteiger partial charge in [-0.2, -0.15) is 0 Å². The van der Waals surface area contributed by atoms with Crippen LogP contribution in [-0.2, 0) is 4.74 Å². The lowest BCUT2D eigenvalue weighted by Gasteiger charge is -2.14. The molecule has 0 radical (unpaired) electrons. The van der Waals surface area contributed by atoms with Gasteiger partial charge in [-0.15, -0.1) is 0 Å². The number of carbonyl (C=O) groups is 4. The molecule has 1 heterocycles. The van der Waals surface area contributed by atoms with E-state index >= 15 is 0 Å². The van der Waals surface area contributed by atoms with Crippen molar-refractivity contribution in [3.05, 3.63) is 65.2 Å². The normalized spacial score (nSPS) is 12.5. The number of fused-ring (bicyclic) bond motifs is 1. The fourth-order valence-corrected chi connectivity index (χ4v) is 2.93. The quantitative estimate of drug-likeness (QED) is 0.454. The van der Waals surface area contributed by atoms with Crippen LogP contribution in [0.5, 0.6) is 0 Å². The third-order valence-corrected chi connectivity index (χ3v) is 4.30. The number of rotatable bonds is 6. The highest BCUT2D eigenvalue weighted by Crippen LogP contribution is 2.22. The monoisotopic (exact) mass is 381 g/mol. The number of nitrogens with zero attached hydrogens (tertiary/aromatic N) is 1. The Kier molecular flexibility index (Phi) is 5.69. The lowest BCUT2D eigenvalue weighted by Crippen LogP contribution is -2.35. The Labute approximate surface area is 161 Å². The van der Waals surface area contributed by atoms with Gasteiger partial charge in [0.05, 0.1) is 29.5 Å². The molecule has 144 valence electrons. The second kappa shape index (κ2) is 8.34. The maximum atomic E-state index is 12.3. The maximum absolute atomic E-state index is 12.3. The summed E-state index contributed by atoms with van der Waals surface area (Å²) >= 11 is 0. The molecule has 0 fully saturated rings. The van der Waals surface area contributed by atoms with Crippen molar-refractivity contribution in [3.8, 4) is 0 Å². The summed E-state index contributed by atoms with van der Waals surface area (Å²) in [7, 11) is 1.26. The summed E-state index contributed by atoms with van der Waals surface area (Å²) in [5, 5.41) is 5.23. The lowest BCUT2D eigenvalue weighted by atomic mass is 10.1. The zero-order valence-electron chi connectivity index (χ0n) is 15.2. The van der Waals surface area contributed by atoms with Crippen LogP contribution in [0.3, 0.4) is 0 Å².